The first-order valence-electron chi connectivity index (χ1n) is 11.0. The molecule has 0 radical (unpaired) electrons. The van der Waals surface area contributed by atoms with E-state index >= 15 is 0 Å². The minimum Gasteiger partial charge on any atom is -0.493 e. The van der Waals surface area contributed by atoms with Gasteiger partial charge in [0.05, 0.1) is 19.3 Å². The predicted molar refractivity (Wildman–Crippen MR) is 120 cm³/mol. The van der Waals surface area contributed by atoms with Crippen molar-refractivity contribution in [2.45, 2.75) is 19.5 Å². The van der Waals surface area contributed by atoms with Crippen LogP contribution < -0.4 is 14.8 Å². The summed E-state index contributed by atoms with van der Waals surface area (Å²) in [4.78, 5) is 15.8. The monoisotopic (exact) mass is 502 g/mol. The third-order valence-corrected chi connectivity index (χ3v) is 4.86. The summed E-state index contributed by atoms with van der Waals surface area (Å²) >= 11 is 0. The standard InChI is InChI=1S/C24H21F3N4O5/c1-2-33-18-13-16(9-10-17(18)15-7-4-3-5-8-15)22(32)28-11-6-12-34-20-14-19(35-30-20)21-29-23(36-31-21)24(25,26)27/h3-5,7-10,13-14H,2,6,11-12H2,1H3,(H,28,32). The first-order valence-corrected chi connectivity index (χ1v) is 11.0. The van der Waals surface area contributed by atoms with Crippen molar-refractivity contribution in [1.82, 2.24) is 20.6 Å². The number of amides is 1. The minimum absolute atomic E-state index is 0.0348. The number of alkyl halides is 3. The second-order valence-electron chi connectivity index (χ2n) is 7.42. The van der Waals surface area contributed by atoms with E-state index < -0.39 is 17.9 Å². The second kappa shape index (κ2) is 10.9. The highest BCUT2D eigenvalue weighted by Gasteiger charge is 2.39. The van der Waals surface area contributed by atoms with Crippen molar-refractivity contribution in [2.24, 2.45) is 0 Å². The average Bonchev–Trinajstić information content (AvgIpc) is 3.54. The van der Waals surface area contributed by atoms with Gasteiger partial charge in [-0.05, 0) is 42.3 Å². The second-order valence-corrected chi connectivity index (χ2v) is 7.42. The van der Waals surface area contributed by atoms with Crippen molar-refractivity contribution in [1.29, 1.82) is 0 Å². The third kappa shape index (κ3) is 6.01. The molecule has 0 fully saturated rings. The van der Waals surface area contributed by atoms with Gasteiger partial charge < -0.3 is 23.8 Å². The van der Waals surface area contributed by atoms with Gasteiger partial charge in [0.25, 0.3) is 11.8 Å². The predicted octanol–water partition coefficient (Wildman–Crippen LogP) is 5.01. The van der Waals surface area contributed by atoms with Crippen LogP contribution in [0.3, 0.4) is 0 Å². The van der Waals surface area contributed by atoms with Crippen molar-refractivity contribution in [2.75, 3.05) is 19.8 Å². The molecule has 0 saturated carbocycles. The van der Waals surface area contributed by atoms with Gasteiger partial charge in [0.1, 0.15) is 5.75 Å². The summed E-state index contributed by atoms with van der Waals surface area (Å²) in [6.45, 7) is 2.82. The number of halogens is 3. The maximum Gasteiger partial charge on any atom is 0.471 e. The Morgan fingerprint density at radius 1 is 1.03 bits per heavy atom. The Morgan fingerprint density at radius 3 is 2.56 bits per heavy atom. The van der Waals surface area contributed by atoms with Crippen LogP contribution in [0, 0.1) is 0 Å². The van der Waals surface area contributed by atoms with Crippen LogP contribution in [-0.2, 0) is 6.18 Å². The fourth-order valence-electron chi connectivity index (χ4n) is 3.22. The van der Waals surface area contributed by atoms with Crippen molar-refractivity contribution >= 4 is 5.91 Å². The Balaban J connectivity index is 1.27. The molecule has 1 amide bonds. The molecule has 4 aromatic rings. The van der Waals surface area contributed by atoms with Gasteiger partial charge in [-0.15, -0.1) is 0 Å². The molecule has 2 aromatic heterocycles. The number of hydrogen-bond donors (Lipinski definition) is 1. The van der Waals surface area contributed by atoms with E-state index in [4.69, 9.17) is 14.0 Å². The molecule has 0 aliphatic heterocycles. The number of hydrogen-bond acceptors (Lipinski definition) is 8. The van der Waals surface area contributed by atoms with Crippen molar-refractivity contribution < 1.29 is 36.5 Å². The Bertz CT molecular complexity index is 1300. The number of carbonyl (C=O) groups excluding carboxylic acids is 1. The fraction of sp³-hybridized carbons (Fsp3) is 0.250. The van der Waals surface area contributed by atoms with Crippen molar-refractivity contribution in [3.05, 3.63) is 66.1 Å². The molecular weight excluding hydrogens is 481 g/mol. The Morgan fingerprint density at radius 2 is 1.83 bits per heavy atom. The zero-order valence-electron chi connectivity index (χ0n) is 19.0. The zero-order valence-corrected chi connectivity index (χ0v) is 19.0. The fourth-order valence-corrected chi connectivity index (χ4v) is 3.22. The summed E-state index contributed by atoms with van der Waals surface area (Å²) in [5.74, 6) is -1.65. The van der Waals surface area contributed by atoms with E-state index in [9.17, 15) is 18.0 Å². The van der Waals surface area contributed by atoms with E-state index in [0.29, 0.717) is 30.9 Å². The molecule has 0 aliphatic carbocycles. The maximum absolute atomic E-state index is 12.6. The number of aromatic nitrogens is 3. The highest BCUT2D eigenvalue weighted by Crippen LogP contribution is 2.31. The van der Waals surface area contributed by atoms with Crippen LogP contribution >= 0.6 is 0 Å². The summed E-state index contributed by atoms with van der Waals surface area (Å²) in [6.07, 6.45) is -4.32. The first-order chi connectivity index (χ1) is 17.3. The van der Waals surface area contributed by atoms with Crippen LogP contribution in [0.15, 0.2) is 63.6 Å². The largest absolute Gasteiger partial charge is 0.493 e. The summed E-state index contributed by atoms with van der Waals surface area (Å²) in [5, 5.41) is 9.62. The summed E-state index contributed by atoms with van der Waals surface area (Å²) < 4.78 is 57.9. The molecular formula is C24H21F3N4O5. The molecule has 0 saturated heterocycles. The quantitative estimate of drug-likeness (QED) is 0.301. The van der Waals surface area contributed by atoms with Gasteiger partial charge in [-0.3, -0.25) is 4.79 Å². The lowest BCUT2D eigenvalue weighted by molar-refractivity contribution is -0.159. The SMILES string of the molecule is CCOc1cc(C(=O)NCCCOc2cc(-c3noc(C(F)(F)F)n3)on2)ccc1-c1ccccc1. The zero-order chi connectivity index (χ0) is 25.5. The molecule has 0 bridgehead atoms. The average molecular weight is 502 g/mol. The first kappa shape index (κ1) is 24.8. The van der Waals surface area contributed by atoms with Gasteiger partial charge in [-0.25, -0.2) is 0 Å². The van der Waals surface area contributed by atoms with Gasteiger partial charge in [0.2, 0.25) is 11.6 Å². The molecule has 36 heavy (non-hydrogen) atoms. The molecule has 12 heteroatoms. The molecule has 0 unspecified atom stereocenters. The van der Waals surface area contributed by atoms with Gasteiger partial charge in [0.15, 0.2) is 0 Å². The maximum atomic E-state index is 12.6. The summed E-state index contributed by atoms with van der Waals surface area (Å²) in [6, 6.07) is 16.3. The van der Waals surface area contributed by atoms with E-state index in [1.807, 2.05) is 43.3 Å². The van der Waals surface area contributed by atoms with Crippen molar-refractivity contribution in [3.8, 4) is 34.3 Å². The van der Waals surface area contributed by atoms with Crippen LogP contribution in [0.5, 0.6) is 11.6 Å². The highest BCUT2D eigenvalue weighted by atomic mass is 19.4. The molecule has 2 heterocycles. The van der Waals surface area contributed by atoms with E-state index in [2.05, 4.69) is 25.1 Å². The van der Waals surface area contributed by atoms with E-state index in [0.717, 1.165) is 11.1 Å². The number of rotatable bonds is 10. The molecule has 2 aromatic carbocycles. The number of benzene rings is 2. The highest BCUT2D eigenvalue weighted by molar-refractivity contribution is 5.95. The van der Waals surface area contributed by atoms with E-state index in [1.54, 1.807) is 12.1 Å². The normalized spacial score (nSPS) is 11.3. The number of nitrogens with one attached hydrogen (secondary N) is 1. The van der Waals surface area contributed by atoms with E-state index in [-0.39, 0.29) is 24.2 Å². The Hall–Kier alpha value is -4.35. The molecule has 0 atom stereocenters. The number of carbonyl (C=O) groups is 1. The van der Waals surface area contributed by atoms with Crippen LogP contribution in [0.25, 0.3) is 22.7 Å². The van der Waals surface area contributed by atoms with Crippen molar-refractivity contribution in [3.63, 3.8) is 0 Å². The van der Waals surface area contributed by atoms with Gasteiger partial charge in [0, 0.05) is 17.7 Å². The number of ether oxygens (including phenoxy) is 2. The van der Waals surface area contributed by atoms with Crippen LogP contribution in [0.4, 0.5) is 13.2 Å². The van der Waals surface area contributed by atoms with Gasteiger partial charge in [-0.2, -0.15) is 18.2 Å². The molecule has 9 nitrogen and oxygen atoms in total. The number of nitrogens with zero attached hydrogens (tertiary/aromatic N) is 3. The molecule has 4 rings (SSSR count). The van der Waals surface area contributed by atoms with Gasteiger partial charge in [-0.1, -0.05) is 35.5 Å². The lowest BCUT2D eigenvalue weighted by Gasteiger charge is -2.13. The molecule has 0 spiro atoms. The molecule has 0 aliphatic rings. The smallest absolute Gasteiger partial charge is 0.471 e. The molecule has 188 valence electrons. The van der Waals surface area contributed by atoms with Crippen LogP contribution in [0.2, 0.25) is 0 Å². The summed E-state index contributed by atoms with van der Waals surface area (Å²) in [7, 11) is 0. The lowest BCUT2D eigenvalue weighted by Crippen LogP contribution is -2.25. The topological polar surface area (TPSA) is 113 Å². The third-order valence-electron chi connectivity index (χ3n) is 4.86. The summed E-state index contributed by atoms with van der Waals surface area (Å²) in [5.41, 5.74) is 2.34. The van der Waals surface area contributed by atoms with Crippen LogP contribution in [-0.4, -0.2) is 41.0 Å². The Labute approximate surface area is 203 Å². The van der Waals surface area contributed by atoms with Crippen LogP contribution in [0.1, 0.15) is 29.6 Å². The minimum atomic E-state index is -4.76. The van der Waals surface area contributed by atoms with E-state index in [1.165, 1.54) is 6.07 Å². The van der Waals surface area contributed by atoms with Gasteiger partial charge >= 0.3 is 12.1 Å². The lowest BCUT2D eigenvalue weighted by atomic mass is 10.0. The Kier molecular flexibility index (Phi) is 7.52. The molecule has 1 N–H and O–H groups in total.